The molecule has 0 fully saturated rings. The number of carbonyl (C=O) groups is 2. The highest BCUT2D eigenvalue weighted by molar-refractivity contribution is 7.87. The summed E-state index contributed by atoms with van der Waals surface area (Å²) in [6.07, 6.45) is 2.44. The number of phenols is 1. The van der Waals surface area contributed by atoms with Crippen LogP contribution in [0.1, 0.15) is 51.8 Å². The topological polar surface area (TPSA) is 131 Å². The number of rotatable bonds is 9. The molecule has 0 aliphatic carbocycles. The summed E-state index contributed by atoms with van der Waals surface area (Å²) in [5.41, 5.74) is 1.02. The maximum absolute atomic E-state index is 13.4. The molecule has 4 rings (SSSR count). The van der Waals surface area contributed by atoms with E-state index in [0.29, 0.717) is 28.9 Å². The van der Waals surface area contributed by atoms with E-state index in [4.69, 9.17) is 13.7 Å². The van der Waals surface area contributed by atoms with Crippen molar-refractivity contribution in [3.63, 3.8) is 0 Å². The molecule has 0 radical (unpaired) electrons. The number of aryl methyl sites for hydroxylation is 1. The van der Waals surface area contributed by atoms with Gasteiger partial charge in [-0.25, -0.2) is 4.79 Å². The van der Waals surface area contributed by atoms with E-state index < -0.39 is 32.3 Å². The molecule has 0 bridgehead atoms. The monoisotopic (exact) mass is 494 g/mol. The van der Waals surface area contributed by atoms with E-state index in [0.717, 1.165) is 36.4 Å². The van der Waals surface area contributed by atoms with Crippen molar-refractivity contribution < 1.29 is 36.8 Å². The summed E-state index contributed by atoms with van der Waals surface area (Å²) >= 11 is 0. The van der Waals surface area contributed by atoms with Crippen LogP contribution in [0.2, 0.25) is 0 Å². The lowest BCUT2D eigenvalue weighted by molar-refractivity contribution is 0.0693. The first-order valence-electron chi connectivity index (χ1n) is 10.9. The van der Waals surface area contributed by atoms with Crippen molar-refractivity contribution in [2.75, 3.05) is 0 Å². The number of carboxylic acid groups (broad SMARTS) is 1. The van der Waals surface area contributed by atoms with E-state index in [2.05, 4.69) is 6.92 Å². The highest BCUT2D eigenvalue weighted by Gasteiger charge is 2.23. The number of hydrogen-bond donors (Lipinski definition) is 2. The highest BCUT2D eigenvalue weighted by Crippen LogP contribution is 2.30. The Bertz CT molecular complexity index is 1520. The number of benzene rings is 3. The average molecular weight is 495 g/mol. The minimum Gasteiger partial charge on any atom is -0.507 e. The molecule has 9 heteroatoms. The molecule has 0 amide bonds. The van der Waals surface area contributed by atoms with Gasteiger partial charge in [0.1, 0.15) is 33.3 Å². The summed E-state index contributed by atoms with van der Waals surface area (Å²) in [4.78, 5) is 24.0. The van der Waals surface area contributed by atoms with Crippen LogP contribution in [-0.4, -0.2) is 30.4 Å². The predicted octanol–water partition coefficient (Wildman–Crippen LogP) is 5.18. The summed E-state index contributed by atoms with van der Waals surface area (Å²) in [5.74, 6) is -1.77. The first-order chi connectivity index (χ1) is 16.7. The van der Waals surface area contributed by atoms with Gasteiger partial charge in [0.25, 0.3) is 0 Å². The van der Waals surface area contributed by atoms with Crippen LogP contribution in [0.5, 0.6) is 11.5 Å². The van der Waals surface area contributed by atoms with Crippen LogP contribution < -0.4 is 4.18 Å². The Morgan fingerprint density at radius 1 is 1.00 bits per heavy atom. The van der Waals surface area contributed by atoms with Crippen LogP contribution in [0.4, 0.5) is 0 Å². The number of furan rings is 1. The molecule has 0 saturated heterocycles. The average Bonchev–Trinajstić information content (AvgIpc) is 3.20. The van der Waals surface area contributed by atoms with Gasteiger partial charge in [0.05, 0.1) is 5.56 Å². The van der Waals surface area contributed by atoms with Crippen LogP contribution in [-0.2, 0) is 16.5 Å². The molecular weight excluding hydrogens is 472 g/mol. The molecular formula is C26H22O8S. The first kappa shape index (κ1) is 24.0. The maximum Gasteiger partial charge on any atom is 0.339 e. The Balaban J connectivity index is 1.59. The Labute approximate surface area is 201 Å². The van der Waals surface area contributed by atoms with Gasteiger partial charge < -0.3 is 18.8 Å². The molecule has 0 spiro atoms. The zero-order valence-electron chi connectivity index (χ0n) is 18.7. The van der Waals surface area contributed by atoms with E-state index in [1.165, 1.54) is 24.3 Å². The lowest BCUT2D eigenvalue weighted by atomic mass is 9.98. The van der Waals surface area contributed by atoms with Gasteiger partial charge in [-0.1, -0.05) is 31.5 Å². The second-order valence-corrected chi connectivity index (χ2v) is 9.42. The van der Waals surface area contributed by atoms with Gasteiger partial charge in [0.2, 0.25) is 0 Å². The van der Waals surface area contributed by atoms with Crippen molar-refractivity contribution in [3.8, 4) is 11.5 Å². The van der Waals surface area contributed by atoms with Crippen molar-refractivity contribution in [2.24, 2.45) is 0 Å². The first-order valence-corrected chi connectivity index (χ1v) is 12.3. The van der Waals surface area contributed by atoms with Crippen LogP contribution >= 0.6 is 0 Å². The second-order valence-electron chi connectivity index (χ2n) is 7.88. The molecule has 0 aliphatic heterocycles. The standard InChI is InChI=1S/C26H22O8S/c1-2-3-7-23-24(20-6-4-5-8-22(20)33-23)25(28)16-9-11-17(12-10-16)34-35(31,32)18-13-14-19(26(29)30)21(27)15-18/h4-6,8-15,27H,2-3,7H2,1H3,(H,29,30). The normalized spacial score (nSPS) is 11.5. The van der Waals surface area contributed by atoms with Gasteiger partial charge in [-0.2, -0.15) is 8.42 Å². The number of fused-ring (bicyclic) bond motifs is 1. The van der Waals surface area contributed by atoms with Gasteiger partial charge >= 0.3 is 16.1 Å². The summed E-state index contributed by atoms with van der Waals surface area (Å²) in [6, 6.07) is 15.7. The van der Waals surface area contributed by atoms with Gasteiger partial charge in [0.15, 0.2) is 5.78 Å². The Kier molecular flexibility index (Phi) is 6.61. The van der Waals surface area contributed by atoms with Crippen molar-refractivity contribution in [2.45, 2.75) is 31.1 Å². The molecule has 0 saturated carbocycles. The molecule has 2 N–H and O–H groups in total. The van der Waals surface area contributed by atoms with Gasteiger partial charge in [-0.15, -0.1) is 0 Å². The van der Waals surface area contributed by atoms with Gasteiger partial charge in [0, 0.05) is 23.4 Å². The molecule has 0 aliphatic rings. The largest absolute Gasteiger partial charge is 0.507 e. The number of ketones is 1. The number of hydrogen-bond acceptors (Lipinski definition) is 7. The van der Waals surface area contributed by atoms with Crippen LogP contribution in [0.3, 0.4) is 0 Å². The van der Waals surface area contributed by atoms with E-state index in [9.17, 15) is 23.1 Å². The van der Waals surface area contributed by atoms with Crippen molar-refractivity contribution >= 4 is 32.8 Å². The van der Waals surface area contributed by atoms with Crippen molar-refractivity contribution in [1.82, 2.24) is 0 Å². The smallest absolute Gasteiger partial charge is 0.339 e. The number of aromatic hydroxyl groups is 1. The highest BCUT2D eigenvalue weighted by atomic mass is 32.2. The van der Waals surface area contributed by atoms with Crippen molar-refractivity contribution in [1.29, 1.82) is 0 Å². The van der Waals surface area contributed by atoms with Gasteiger partial charge in [-0.3, -0.25) is 4.79 Å². The number of para-hydroxylation sites is 1. The zero-order chi connectivity index (χ0) is 25.2. The fourth-order valence-corrected chi connectivity index (χ4v) is 4.64. The summed E-state index contributed by atoms with van der Waals surface area (Å²) in [7, 11) is -4.35. The third-order valence-electron chi connectivity index (χ3n) is 5.46. The fraction of sp³-hybridized carbons (Fsp3) is 0.154. The minimum absolute atomic E-state index is 0.0494. The van der Waals surface area contributed by atoms with Crippen LogP contribution in [0.15, 0.2) is 76.0 Å². The molecule has 1 heterocycles. The molecule has 3 aromatic carbocycles. The quantitative estimate of drug-likeness (QED) is 0.240. The minimum atomic E-state index is -4.35. The molecule has 4 aromatic rings. The molecule has 180 valence electrons. The van der Waals surface area contributed by atoms with E-state index in [1.54, 1.807) is 0 Å². The number of unbranched alkanes of at least 4 members (excludes halogenated alkanes) is 1. The van der Waals surface area contributed by atoms with Crippen LogP contribution in [0.25, 0.3) is 11.0 Å². The summed E-state index contributed by atoms with van der Waals surface area (Å²) in [5, 5.41) is 19.5. The summed E-state index contributed by atoms with van der Waals surface area (Å²) in [6.45, 7) is 2.05. The number of carbonyl (C=O) groups excluding carboxylic acids is 1. The number of carboxylic acids is 1. The number of aromatic carboxylic acids is 1. The zero-order valence-corrected chi connectivity index (χ0v) is 19.5. The maximum atomic E-state index is 13.4. The van der Waals surface area contributed by atoms with Crippen molar-refractivity contribution in [3.05, 3.63) is 89.2 Å². The molecule has 1 aromatic heterocycles. The molecule has 8 nitrogen and oxygen atoms in total. The fourth-order valence-electron chi connectivity index (χ4n) is 3.69. The van der Waals surface area contributed by atoms with Gasteiger partial charge in [-0.05, 0) is 48.9 Å². The molecule has 35 heavy (non-hydrogen) atoms. The predicted molar refractivity (Wildman–Crippen MR) is 128 cm³/mol. The molecule has 0 unspecified atom stereocenters. The second kappa shape index (κ2) is 9.63. The molecule has 0 atom stereocenters. The lowest BCUT2D eigenvalue weighted by Gasteiger charge is -2.09. The Hall–Kier alpha value is -4.11. The third kappa shape index (κ3) is 4.90. The SMILES string of the molecule is CCCCc1oc2ccccc2c1C(=O)c1ccc(OS(=O)(=O)c2ccc(C(=O)O)c(O)c2)cc1. The van der Waals surface area contributed by atoms with E-state index in [-0.39, 0.29) is 11.5 Å². The van der Waals surface area contributed by atoms with Crippen LogP contribution in [0, 0.1) is 0 Å². The Morgan fingerprint density at radius 3 is 2.37 bits per heavy atom. The summed E-state index contributed by atoms with van der Waals surface area (Å²) < 4.78 is 36.2. The van der Waals surface area contributed by atoms with E-state index in [1.807, 2.05) is 24.3 Å². The lowest BCUT2D eigenvalue weighted by Crippen LogP contribution is -2.11. The third-order valence-corrected chi connectivity index (χ3v) is 6.71. The van der Waals surface area contributed by atoms with E-state index >= 15 is 0 Å². The Morgan fingerprint density at radius 2 is 1.71 bits per heavy atom.